The van der Waals surface area contributed by atoms with Gasteiger partial charge in [0.25, 0.3) is 0 Å². The highest BCUT2D eigenvalue weighted by Crippen LogP contribution is 2.23. The maximum atomic E-state index is 12.2. The number of carbonyl (C=O) groups excluding carboxylic acids is 2. The summed E-state index contributed by atoms with van der Waals surface area (Å²) in [5, 5.41) is 5.50. The van der Waals surface area contributed by atoms with E-state index in [1.165, 1.54) is 0 Å². The summed E-state index contributed by atoms with van der Waals surface area (Å²) in [5.41, 5.74) is 2.24. The zero-order chi connectivity index (χ0) is 20.5. The third-order valence-corrected chi connectivity index (χ3v) is 4.95. The van der Waals surface area contributed by atoms with E-state index in [2.05, 4.69) is 58.5 Å². The Balaban J connectivity index is 1.99. The van der Waals surface area contributed by atoms with Gasteiger partial charge in [-0.1, -0.05) is 26.0 Å². The van der Waals surface area contributed by atoms with Crippen molar-refractivity contribution in [3.8, 4) is 0 Å². The Kier molecular flexibility index (Phi) is 8.73. The number of nitrogens with zero attached hydrogens (tertiary/aromatic N) is 2. The smallest absolute Gasteiger partial charge is 0.309 e. The molecule has 1 aromatic carbocycles. The monoisotopic (exact) mass is 390 g/mol. The zero-order valence-corrected chi connectivity index (χ0v) is 17.5. The third-order valence-electron chi connectivity index (χ3n) is 4.95. The van der Waals surface area contributed by atoms with E-state index in [1.807, 2.05) is 14.1 Å². The van der Waals surface area contributed by atoms with Crippen molar-refractivity contribution in [2.45, 2.75) is 26.3 Å². The van der Waals surface area contributed by atoms with E-state index in [4.69, 9.17) is 4.74 Å². The molecule has 1 heterocycles. The predicted molar refractivity (Wildman–Crippen MR) is 111 cm³/mol. The SMILES string of the molecule is CC(C)CCNC(=O)C(=O)NC[C@H](c1ccc(N(C)C)cc1)N1CCOCC1. The molecule has 1 atom stereocenters. The van der Waals surface area contributed by atoms with Crippen LogP contribution in [0.4, 0.5) is 5.69 Å². The molecule has 1 aromatic rings. The number of hydrogen-bond donors (Lipinski definition) is 2. The second-order valence-corrected chi connectivity index (χ2v) is 7.80. The molecule has 2 N–H and O–H groups in total. The molecule has 0 aromatic heterocycles. The molecule has 156 valence electrons. The van der Waals surface area contributed by atoms with E-state index < -0.39 is 11.8 Å². The fraction of sp³-hybridized carbons (Fsp3) is 0.619. The molecular formula is C21H34N4O3. The van der Waals surface area contributed by atoms with Crippen LogP contribution in [0.2, 0.25) is 0 Å². The fourth-order valence-corrected chi connectivity index (χ4v) is 3.17. The van der Waals surface area contributed by atoms with Crippen LogP contribution in [0.3, 0.4) is 0 Å². The summed E-state index contributed by atoms with van der Waals surface area (Å²) >= 11 is 0. The van der Waals surface area contributed by atoms with E-state index in [0.717, 1.165) is 30.8 Å². The number of morpholine rings is 1. The van der Waals surface area contributed by atoms with E-state index in [0.29, 0.717) is 32.2 Å². The molecule has 0 unspecified atom stereocenters. The summed E-state index contributed by atoms with van der Waals surface area (Å²) in [5.74, 6) is -0.657. The van der Waals surface area contributed by atoms with Gasteiger partial charge in [0.1, 0.15) is 0 Å². The van der Waals surface area contributed by atoms with Crippen LogP contribution >= 0.6 is 0 Å². The topological polar surface area (TPSA) is 73.9 Å². The number of nitrogens with one attached hydrogen (secondary N) is 2. The second kappa shape index (κ2) is 11.0. The summed E-state index contributed by atoms with van der Waals surface area (Å²) in [7, 11) is 4.01. The summed E-state index contributed by atoms with van der Waals surface area (Å²) in [6.45, 7) is 8.03. The Morgan fingerprint density at radius 3 is 2.25 bits per heavy atom. The molecule has 0 aliphatic carbocycles. The van der Waals surface area contributed by atoms with Crippen molar-refractivity contribution in [1.82, 2.24) is 15.5 Å². The Bertz CT molecular complexity index is 625. The minimum Gasteiger partial charge on any atom is -0.379 e. The minimum atomic E-state index is -0.577. The second-order valence-electron chi connectivity index (χ2n) is 7.80. The molecule has 1 fully saturated rings. The van der Waals surface area contributed by atoms with Gasteiger partial charge >= 0.3 is 11.8 Å². The number of ether oxygens (including phenoxy) is 1. The molecule has 1 aliphatic heterocycles. The van der Waals surface area contributed by atoms with Gasteiger partial charge in [-0.15, -0.1) is 0 Å². The quantitative estimate of drug-likeness (QED) is 0.657. The first kappa shape index (κ1) is 22.2. The Hall–Kier alpha value is -2.12. The third kappa shape index (κ3) is 6.80. The van der Waals surface area contributed by atoms with Gasteiger partial charge in [-0.3, -0.25) is 14.5 Å². The number of carbonyl (C=O) groups is 2. The summed E-state index contributed by atoms with van der Waals surface area (Å²) in [4.78, 5) is 28.6. The number of benzene rings is 1. The van der Waals surface area contributed by atoms with Crippen LogP contribution in [0.1, 0.15) is 31.9 Å². The Labute approximate surface area is 168 Å². The molecule has 0 spiro atoms. The lowest BCUT2D eigenvalue weighted by Crippen LogP contribution is -2.46. The van der Waals surface area contributed by atoms with Crippen LogP contribution in [0.15, 0.2) is 24.3 Å². The molecule has 7 heteroatoms. The maximum Gasteiger partial charge on any atom is 0.309 e. The number of hydrogen-bond acceptors (Lipinski definition) is 5. The van der Waals surface area contributed by atoms with Gasteiger partial charge < -0.3 is 20.3 Å². The predicted octanol–water partition coefficient (Wildman–Crippen LogP) is 1.40. The van der Waals surface area contributed by atoms with Gasteiger partial charge in [0, 0.05) is 46.0 Å². The largest absolute Gasteiger partial charge is 0.379 e. The van der Waals surface area contributed by atoms with Gasteiger partial charge in [-0.05, 0) is 30.0 Å². The summed E-state index contributed by atoms with van der Waals surface area (Å²) < 4.78 is 5.46. The molecule has 0 saturated carbocycles. The van der Waals surface area contributed by atoms with Crippen LogP contribution in [0.25, 0.3) is 0 Å². The molecule has 1 saturated heterocycles. The van der Waals surface area contributed by atoms with Crippen molar-refractivity contribution in [3.05, 3.63) is 29.8 Å². The van der Waals surface area contributed by atoms with Crippen molar-refractivity contribution in [2.24, 2.45) is 5.92 Å². The average Bonchev–Trinajstić information content (AvgIpc) is 2.68. The average molecular weight is 391 g/mol. The van der Waals surface area contributed by atoms with Crippen LogP contribution in [-0.2, 0) is 14.3 Å². The lowest BCUT2D eigenvalue weighted by molar-refractivity contribution is -0.139. The highest BCUT2D eigenvalue weighted by atomic mass is 16.5. The molecule has 7 nitrogen and oxygen atoms in total. The molecule has 1 aliphatic rings. The first-order valence-electron chi connectivity index (χ1n) is 10.0. The van der Waals surface area contributed by atoms with E-state index >= 15 is 0 Å². The van der Waals surface area contributed by atoms with E-state index in [9.17, 15) is 9.59 Å². The van der Waals surface area contributed by atoms with Crippen molar-refractivity contribution >= 4 is 17.5 Å². The van der Waals surface area contributed by atoms with Crippen molar-refractivity contribution in [1.29, 1.82) is 0 Å². The molecule has 2 amide bonds. The van der Waals surface area contributed by atoms with Crippen LogP contribution in [-0.4, -0.2) is 70.2 Å². The van der Waals surface area contributed by atoms with Gasteiger partial charge in [0.15, 0.2) is 0 Å². The van der Waals surface area contributed by atoms with Crippen LogP contribution < -0.4 is 15.5 Å². The van der Waals surface area contributed by atoms with Crippen LogP contribution in [0.5, 0.6) is 0 Å². The highest BCUT2D eigenvalue weighted by molar-refractivity contribution is 6.35. The van der Waals surface area contributed by atoms with Crippen LogP contribution in [0, 0.1) is 5.92 Å². The Morgan fingerprint density at radius 1 is 1.07 bits per heavy atom. The number of rotatable bonds is 8. The van der Waals surface area contributed by atoms with Crippen molar-refractivity contribution in [2.75, 3.05) is 58.4 Å². The van der Waals surface area contributed by atoms with Gasteiger partial charge in [-0.25, -0.2) is 0 Å². The lowest BCUT2D eigenvalue weighted by atomic mass is 10.0. The summed E-state index contributed by atoms with van der Waals surface area (Å²) in [6.07, 6.45) is 0.855. The lowest BCUT2D eigenvalue weighted by Gasteiger charge is -2.35. The van der Waals surface area contributed by atoms with Gasteiger partial charge in [-0.2, -0.15) is 0 Å². The molecular weight excluding hydrogens is 356 g/mol. The van der Waals surface area contributed by atoms with Gasteiger partial charge in [0.2, 0.25) is 0 Å². The maximum absolute atomic E-state index is 12.2. The number of anilines is 1. The first-order chi connectivity index (χ1) is 13.4. The highest BCUT2D eigenvalue weighted by Gasteiger charge is 2.24. The molecule has 0 radical (unpaired) electrons. The van der Waals surface area contributed by atoms with Crippen molar-refractivity contribution in [3.63, 3.8) is 0 Å². The normalized spacial score (nSPS) is 15.9. The van der Waals surface area contributed by atoms with Crippen molar-refractivity contribution < 1.29 is 14.3 Å². The Morgan fingerprint density at radius 2 is 1.68 bits per heavy atom. The fourth-order valence-electron chi connectivity index (χ4n) is 3.17. The van der Waals surface area contributed by atoms with E-state index in [1.54, 1.807) is 0 Å². The molecule has 0 bridgehead atoms. The summed E-state index contributed by atoms with van der Waals surface area (Å²) in [6, 6.07) is 8.33. The molecule has 2 rings (SSSR count). The van der Waals surface area contributed by atoms with Gasteiger partial charge in [0.05, 0.1) is 19.3 Å². The molecule has 28 heavy (non-hydrogen) atoms. The first-order valence-corrected chi connectivity index (χ1v) is 10.0. The minimum absolute atomic E-state index is 0.00697. The zero-order valence-electron chi connectivity index (χ0n) is 17.5. The standard InChI is InChI=1S/C21H34N4O3/c1-16(2)9-10-22-20(26)21(27)23-15-19(25-11-13-28-14-12-25)17-5-7-18(8-6-17)24(3)4/h5-8,16,19H,9-15H2,1-4H3,(H,22,26)(H,23,27)/t19-/m1/s1. The van der Waals surface area contributed by atoms with E-state index in [-0.39, 0.29) is 6.04 Å². The number of amides is 2.